The molecule has 3 aliphatic rings. The van der Waals surface area contributed by atoms with E-state index in [2.05, 4.69) is 29.0 Å². The van der Waals surface area contributed by atoms with Crippen molar-refractivity contribution >= 4 is 5.91 Å². The number of nitrogens with zero attached hydrogens (tertiary/aromatic N) is 2. The van der Waals surface area contributed by atoms with Crippen LogP contribution in [0.3, 0.4) is 0 Å². The summed E-state index contributed by atoms with van der Waals surface area (Å²) in [7, 11) is 0. The number of rotatable bonds is 5. The maximum absolute atomic E-state index is 12.8. The molecule has 3 rings (SSSR count). The van der Waals surface area contributed by atoms with Gasteiger partial charge in [0.15, 0.2) is 0 Å². The van der Waals surface area contributed by atoms with Crippen LogP contribution in [0.2, 0.25) is 0 Å². The molecule has 1 N–H and O–H groups in total. The monoisotopic (exact) mass is 349 g/mol. The Morgan fingerprint density at radius 2 is 1.80 bits per heavy atom. The van der Waals surface area contributed by atoms with E-state index in [-0.39, 0.29) is 0 Å². The van der Waals surface area contributed by atoms with Gasteiger partial charge < -0.3 is 15.1 Å². The van der Waals surface area contributed by atoms with Crippen molar-refractivity contribution in [1.82, 2.24) is 15.1 Å². The van der Waals surface area contributed by atoms with Crippen LogP contribution in [0.15, 0.2) is 0 Å². The predicted molar refractivity (Wildman–Crippen MR) is 104 cm³/mol. The molecule has 0 radical (unpaired) electrons. The average molecular weight is 350 g/mol. The first kappa shape index (κ1) is 19.2. The lowest BCUT2D eigenvalue weighted by atomic mass is 9.83. The highest BCUT2D eigenvalue weighted by molar-refractivity contribution is 5.76. The van der Waals surface area contributed by atoms with Gasteiger partial charge in [-0.05, 0) is 88.4 Å². The van der Waals surface area contributed by atoms with E-state index in [1.54, 1.807) is 0 Å². The normalized spacial score (nSPS) is 28.9. The van der Waals surface area contributed by atoms with Crippen molar-refractivity contribution < 1.29 is 4.79 Å². The zero-order valence-corrected chi connectivity index (χ0v) is 16.5. The quantitative estimate of drug-likeness (QED) is 0.829. The van der Waals surface area contributed by atoms with E-state index >= 15 is 0 Å². The fraction of sp³-hybridized carbons (Fsp3) is 0.952. The average Bonchev–Trinajstić information content (AvgIpc) is 2.64. The third-order valence-corrected chi connectivity index (χ3v) is 6.95. The largest absolute Gasteiger partial charge is 0.342 e. The molecule has 4 nitrogen and oxygen atoms in total. The summed E-state index contributed by atoms with van der Waals surface area (Å²) < 4.78 is 0. The van der Waals surface area contributed by atoms with Crippen molar-refractivity contribution in [3.8, 4) is 0 Å². The van der Waals surface area contributed by atoms with Crippen molar-refractivity contribution in [3.63, 3.8) is 0 Å². The van der Waals surface area contributed by atoms with Crippen LogP contribution in [0.1, 0.15) is 58.8 Å². The summed E-state index contributed by atoms with van der Waals surface area (Å²) in [6.45, 7) is 12.7. The molecule has 144 valence electrons. The van der Waals surface area contributed by atoms with E-state index in [1.807, 2.05) is 0 Å². The lowest BCUT2D eigenvalue weighted by Gasteiger charge is -2.38. The smallest absolute Gasteiger partial charge is 0.222 e. The van der Waals surface area contributed by atoms with Gasteiger partial charge in [-0.1, -0.05) is 13.8 Å². The maximum Gasteiger partial charge on any atom is 0.222 e. The topological polar surface area (TPSA) is 35.6 Å². The molecule has 25 heavy (non-hydrogen) atoms. The molecule has 3 heterocycles. The Bertz CT molecular complexity index is 413. The molecule has 0 bridgehead atoms. The summed E-state index contributed by atoms with van der Waals surface area (Å²) in [4.78, 5) is 17.7. The number of carbonyl (C=O) groups is 1. The Kier molecular flexibility index (Phi) is 7.18. The zero-order valence-electron chi connectivity index (χ0n) is 16.5. The Morgan fingerprint density at radius 3 is 2.52 bits per heavy atom. The first-order chi connectivity index (χ1) is 12.1. The molecule has 4 heteroatoms. The van der Waals surface area contributed by atoms with Crippen LogP contribution >= 0.6 is 0 Å². The maximum atomic E-state index is 12.8. The molecule has 0 aromatic carbocycles. The lowest BCUT2D eigenvalue weighted by molar-refractivity contribution is -0.134. The number of nitrogens with one attached hydrogen (secondary N) is 1. The fourth-order valence-electron chi connectivity index (χ4n) is 5.03. The van der Waals surface area contributed by atoms with Gasteiger partial charge in [0.25, 0.3) is 0 Å². The number of likely N-dealkylation sites (tertiary alicyclic amines) is 2. The van der Waals surface area contributed by atoms with Crippen molar-refractivity contribution in [2.45, 2.75) is 58.8 Å². The Labute approximate surface area is 154 Å². The minimum Gasteiger partial charge on any atom is -0.342 e. The van der Waals surface area contributed by atoms with Gasteiger partial charge in [0.2, 0.25) is 5.91 Å². The highest BCUT2D eigenvalue weighted by atomic mass is 16.2. The van der Waals surface area contributed by atoms with Crippen molar-refractivity contribution in [1.29, 1.82) is 0 Å². The number of carbonyl (C=O) groups excluding carboxylic acids is 1. The summed E-state index contributed by atoms with van der Waals surface area (Å²) in [6.07, 6.45) is 8.45. The molecule has 0 aromatic rings. The third kappa shape index (κ3) is 5.68. The van der Waals surface area contributed by atoms with Crippen molar-refractivity contribution in [2.24, 2.45) is 23.7 Å². The van der Waals surface area contributed by atoms with E-state index in [0.717, 1.165) is 44.4 Å². The van der Waals surface area contributed by atoms with Gasteiger partial charge in [0.1, 0.15) is 0 Å². The SMILES string of the molecule is CC1CCN(CC2CCCN(C(=O)CC(C)C3CCNCC3)C2)CC1. The van der Waals surface area contributed by atoms with Gasteiger partial charge in [0.05, 0.1) is 0 Å². The lowest BCUT2D eigenvalue weighted by Crippen LogP contribution is -2.45. The van der Waals surface area contributed by atoms with E-state index in [0.29, 0.717) is 17.7 Å². The zero-order chi connectivity index (χ0) is 17.6. The van der Waals surface area contributed by atoms with E-state index in [9.17, 15) is 4.79 Å². The number of hydrogen-bond donors (Lipinski definition) is 1. The molecule has 0 aliphatic carbocycles. The molecule has 3 aliphatic heterocycles. The van der Waals surface area contributed by atoms with Crippen molar-refractivity contribution in [3.05, 3.63) is 0 Å². The highest BCUT2D eigenvalue weighted by Gasteiger charge is 2.29. The van der Waals surface area contributed by atoms with Gasteiger partial charge >= 0.3 is 0 Å². The van der Waals surface area contributed by atoms with Gasteiger partial charge in [-0.3, -0.25) is 4.79 Å². The summed E-state index contributed by atoms with van der Waals surface area (Å²) in [6, 6.07) is 0. The van der Waals surface area contributed by atoms with Crippen molar-refractivity contribution in [2.75, 3.05) is 45.8 Å². The van der Waals surface area contributed by atoms with Crippen LogP contribution in [0.5, 0.6) is 0 Å². The van der Waals surface area contributed by atoms with Gasteiger partial charge in [-0.2, -0.15) is 0 Å². The molecular weight excluding hydrogens is 310 g/mol. The Balaban J connectivity index is 1.43. The van der Waals surface area contributed by atoms with E-state index in [1.165, 1.54) is 58.2 Å². The highest BCUT2D eigenvalue weighted by Crippen LogP contribution is 2.27. The van der Waals surface area contributed by atoms with Gasteiger partial charge in [0, 0.05) is 26.1 Å². The first-order valence-electron chi connectivity index (χ1n) is 10.8. The van der Waals surface area contributed by atoms with Gasteiger partial charge in [-0.25, -0.2) is 0 Å². The molecular formula is C21H39N3O. The van der Waals surface area contributed by atoms with Gasteiger partial charge in [-0.15, -0.1) is 0 Å². The minimum atomic E-state index is 0.419. The van der Waals surface area contributed by atoms with E-state index < -0.39 is 0 Å². The molecule has 2 unspecified atom stereocenters. The Morgan fingerprint density at radius 1 is 1.08 bits per heavy atom. The van der Waals surface area contributed by atoms with Crippen LogP contribution in [-0.2, 0) is 4.79 Å². The van der Waals surface area contributed by atoms with Crippen LogP contribution in [0, 0.1) is 23.7 Å². The summed E-state index contributed by atoms with van der Waals surface area (Å²) in [5.41, 5.74) is 0. The number of hydrogen-bond acceptors (Lipinski definition) is 3. The number of amides is 1. The second-order valence-corrected chi connectivity index (χ2v) is 9.10. The number of piperidine rings is 3. The summed E-state index contributed by atoms with van der Waals surface area (Å²) in [5.74, 6) is 3.29. The first-order valence-corrected chi connectivity index (χ1v) is 10.8. The summed E-state index contributed by atoms with van der Waals surface area (Å²) >= 11 is 0. The molecule has 3 fully saturated rings. The fourth-order valence-corrected chi connectivity index (χ4v) is 5.03. The minimum absolute atomic E-state index is 0.419. The van der Waals surface area contributed by atoms with Crippen LogP contribution in [0.4, 0.5) is 0 Å². The molecule has 2 atom stereocenters. The standard InChI is InChI=1S/C21H39N3O/c1-17-7-12-23(13-8-17)15-19-4-3-11-24(16-19)21(25)14-18(2)20-5-9-22-10-6-20/h17-20,22H,3-16H2,1-2H3. The molecule has 3 saturated heterocycles. The molecule has 1 amide bonds. The predicted octanol–water partition coefficient (Wildman–Crippen LogP) is 2.98. The third-order valence-electron chi connectivity index (χ3n) is 6.95. The van der Waals surface area contributed by atoms with Crippen LogP contribution in [0.25, 0.3) is 0 Å². The molecule has 0 saturated carbocycles. The molecule has 0 spiro atoms. The second-order valence-electron chi connectivity index (χ2n) is 9.10. The second kappa shape index (κ2) is 9.36. The van der Waals surface area contributed by atoms with Crippen LogP contribution in [-0.4, -0.2) is 61.5 Å². The summed E-state index contributed by atoms with van der Waals surface area (Å²) in [5, 5.41) is 3.43. The molecule has 0 aromatic heterocycles. The van der Waals surface area contributed by atoms with E-state index in [4.69, 9.17) is 0 Å². The Hall–Kier alpha value is -0.610. The van der Waals surface area contributed by atoms with Crippen LogP contribution < -0.4 is 5.32 Å².